The summed E-state index contributed by atoms with van der Waals surface area (Å²) in [5.41, 5.74) is -0.179. The van der Waals surface area contributed by atoms with Gasteiger partial charge < -0.3 is 5.32 Å². The van der Waals surface area contributed by atoms with E-state index in [1.165, 1.54) is 23.7 Å². The maximum Gasteiger partial charge on any atom is 0.311 e. The van der Waals surface area contributed by atoms with Gasteiger partial charge in [-0.1, -0.05) is 0 Å². The van der Waals surface area contributed by atoms with Gasteiger partial charge >= 0.3 is 5.69 Å². The minimum atomic E-state index is -0.511. The lowest BCUT2D eigenvalue weighted by molar-refractivity contribution is -0.384. The number of pyridine rings is 1. The maximum atomic E-state index is 11.0. The highest BCUT2D eigenvalue weighted by Crippen LogP contribution is 2.36. The molecule has 0 aromatic carbocycles. The molecule has 2 aromatic rings. The predicted molar refractivity (Wildman–Crippen MR) is 77.4 cm³/mol. The lowest BCUT2D eigenvalue weighted by Gasteiger charge is -2.25. The Kier molecular flexibility index (Phi) is 3.81. The van der Waals surface area contributed by atoms with E-state index in [-0.39, 0.29) is 5.69 Å². The largest absolute Gasteiger partial charge is 0.367 e. The van der Waals surface area contributed by atoms with Crippen molar-refractivity contribution in [3.05, 3.63) is 43.6 Å². The summed E-state index contributed by atoms with van der Waals surface area (Å²) in [5.74, 6) is 0. The predicted octanol–water partition coefficient (Wildman–Crippen LogP) is 3.56. The number of anilines is 1. The molecule has 6 nitrogen and oxygen atoms in total. The number of halogens is 1. The Morgan fingerprint density at radius 1 is 1.47 bits per heavy atom. The zero-order chi connectivity index (χ0) is 14.0. The van der Waals surface area contributed by atoms with E-state index < -0.39 is 10.5 Å². The molecule has 0 bridgehead atoms. The van der Waals surface area contributed by atoms with Gasteiger partial charge in [-0.25, -0.2) is 4.98 Å². The molecule has 0 aliphatic rings. The number of aromatic nitrogens is 2. The van der Waals surface area contributed by atoms with Crippen LogP contribution in [0.4, 0.5) is 11.4 Å². The summed E-state index contributed by atoms with van der Waals surface area (Å²) >= 11 is 4.78. The van der Waals surface area contributed by atoms with Crippen LogP contribution in [0.3, 0.4) is 0 Å². The van der Waals surface area contributed by atoms with Crippen LogP contribution in [-0.4, -0.2) is 14.9 Å². The summed E-state index contributed by atoms with van der Waals surface area (Å²) in [4.78, 5) is 18.6. The molecule has 2 heterocycles. The van der Waals surface area contributed by atoms with E-state index in [0.29, 0.717) is 10.2 Å². The molecular weight excluding hydrogens is 332 g/mol. The minimum absolute atomic E-state index is 0.0704. The van der Waals surface area contributed by atoms with Crippen LogP contribution in [0, 0.1) is 10.1 Å². The number of thiazole rings is 1. The van der Waals surface area contributed by atoms with Crippen molar-refractivity contribution in [3.8, 4) is 0 Å². The molecule has 0 unspecified atom stereocenters. The number of hydrogen-bond donors (Lipinski definition) is 1. The fourth-order valence-corrected chi connectivity index (χ4v) is 2.72. The van der Waals surface area contributed by atoms with Gasteiger partial charge in [0.05, 0.1) is 14.9 Å². The summed E-state index contributed by atoms with van der Waals surface area (Å²) in [7, 11) is 0. The Morgan fingerprint density at radius 3 is 2.79 bits per heavy atom. The van der Waals surface area contributed by atoms with E-state index in [2.05, 4.69) is 31.2 Å². The van der Waals surface area contributed by atoms with E-state index in [9.17, 15) is 10.1 Å². The zero-order valence-electron chi connectivity index (χ0n) is 10.3. The molecule has 0 fully saturated rings. The van der Waals surface area contributed by atoms with Gasteiger partial charge in [0.1, 0.15) is 16.9 Å². The lowest BCUT2D eigenvalue weighted by Crippen LogP contribution is -2.28. The van der Waals surface area contributed by atoms with Gasteiger partial charge in [0.2, 0.25) is 0 Å². The van der Waals surface area contributed by atoms with E-state index in [1.807, 2.05) is 19.2 Å². The third kappa shape index (κ3) is 2.90. The quantitative estimate of drug-likeness (QED) is 0.678. The summed E-state index contributed by atoms with van der Waals surface area (Å²) in [6.07, 6.45) is 4.46. The molecule has 8 heteroatoms. The van der Waals surface area contributed by atoms with Crippen LogP contribution >= 0.6 is 27.3 Å². The van der Waals surface area contributed by atoms with Gasteiger partial charge in [0.15, 0.2) is 0 Å². The SMILES string of the molecule is CC(C)(Nc1c(Br)cncc1[N+](=O)[O-])c1nccs1. The first-order valence-corrected chi connectivity index (χ1v) is 7.05. The van der Waals surface area contributed by atoms with Crippen LogP contribution in [0.25, 0.3) is 0 Å². The van der Waals surface area contributed by atoms with Crippen molar-refractivity contribution in [2.45, 2.75) is 19.4 Å². The molecule has 0 spiro atoms. The van der Waals surface area contributed by atoms with Crippen LogP contribution in [0.15, 0.2) is 28.4 Å². The molecule has 1 N–H and O–H groups in total. The number of hydrogen-bond acceptors (Lipinski definition) is 6. The van der Waals surface area contributed by atoms with Crippen molar-refractivity contribution >= 4 is 38.6 Å². The minimum Gasteiger partial charge on any atom is -0.367 e. The number of nitro groups is 1. The molecule has 0 saturated carbocycles. The average Bonchev–Trinajstić information content (AvgIpc) is 2.85. The Morgan fingerprint density at radius 2 is 2.21 bits per heavy atom. The maximum absolute atomic E-state index is 11.0. The summed E-state index contributed by atoms with van der Waals surface area (Å²) in [6, 6.07) is 0. The Hall–Kier alpha value is -1.54. The van der Waals surface area contributed by atoms with Crippen molar-refractivity contribution in [3.63, 3.8) is 0 Å². The monoisotopic (exact) mass is 342 g/mol. The third-order valence-electron chi connectivity index (χ3n) is 2.48. The topological polar surface area (TPSA) is 81.0 Å². The molecule has 0 aliphatic carbocycles. The molecule has 0 saturated heterocycles. The molecule has 0 radical (unpaired) electrons. The van der Waals surface area contributed by atoms with Gasteiger partial charge in [-0.2, -0.15) is 0 Å². The van der Waals surface area contributed by atoms with Gasteiger partial charge in [-0.3, -0.25) is 15.1 Å². The highest BCUT2D eigenvalue weighted by atomic mass is 79.9. The van der Waals surface area contributed by atoms with Gasteiger partial charge in [0.25, 0.3) is 0 Å². The standard InChI is InChI=1S/C11H11BrN4O2S/c1-11(2,10-14-3-4-19-10)15-9-7(12)5-13-6-8(9)16(17)18/h3-6H,1-2H3,(H,13,15). The van der Waals surface area contributed by atoms with E-state index >= 15 is 0 Å². The van der Waals surface area contributed by atoms with Crippen molar-refractivity contribution in [1.82, 2.24) is 9.97 Å². The van der Waals surface area contributed by atoms with E-state index in [0.717, 1.165) is 5.01 Å². The summed E-state index contributed by atoms with van der Waals surface area (Å²) in [6.45, 7) is 3.84. The molecule has 100 valence electrons. The van der Waals surface area contributed by atoms with Crippen molar-refractivity contribution in [2.75, 3.05) is 5.32 Å². The van der Waals surface area contributed by atoms with Crippen LogP contribution in [0.2, 0.25) is 0 Å². The van der Waals surface area contributed by atoms with Gasteiger partial charge in [-0.15, -0.1) is 11.3 Å². The van der Waals surface area contributed by atoms with Crippen LogP contribution in [-0.2, 0) is 5.54 Å². The Labute approximate surface area is 122 Å². The van der Waals surface area contributed by atoms with Gasteiger partial charge in [-0.05, 0) is 29.8 Å². The highest BCUT2D eigenvalue weighted by Gasteiger charge is 2.28. The average molecular weight is 343 g/mol. The molecule has 0 aliphatic heterocycles. The second-order valence-corrected chi connectivity index (χ2v) is 6.11. The molecule has 2 aromatic heterocycles. The summed E-state index contributed by atoms with van der Waals surface area (Å²) < 4.78 is 0.548. The van der Waals surface area contributed by atoms with Crippen molar-refractivity contribution in [1.29, 1.82) is 0 Å². The Bertz CT molecular complexity index is 601. The van der Waals surface area contributed by atoms with Gasteiger partial charge in [0, 0.05) is 17.8 Å². The van der Waals surface area contributed by atoms with Crippen LogP contribution in [0.1, 0.15) is 18.9 Å². The Balaban J connectivity index is 2.41. The van der Waals surface area contributed by atoms with Crippen molar-refractivity contribution in [2.24, 2.45) is 0 Å². The lowest BCUT2D eigenvalue weighted by atomic mass is 10.1. The summed E-state index contributed by atoms with van der Waals surface area (Å²) in [5, 5.41) is 16.9. The number of rotatable bonds is 4. The van der Waals surface area contributed by atoms with E-state index in [4.69, 9.17) is 0 Å². The molecule has 2 rings (SSSR count). The van der Waals surface area contributed by atoms with E-state index in [1.54, 1.807) is 6.20 Å². The third-order valence-corrected chi connectivity index (χ3v) is 4.18. The normalized spacial score (nSPS) is 11.3. The second-order valence-electron chi connectivity index (χ2n) is 4.36. The first-order chi connectivity index (χ1) is 8.92. The zero-order valence-corrected chi connectivity index (χ0v) is 12.7. The number of nitrogens with zero attached hydrogens (tertiary/aromatic N) is 3. The first kappa shape index (κ1) is 13.9. The molecule has 0 amide bonds. The van der Waals surface area contributed by atoms with Crippen molar-refractivity contribution < 1.29 is 4.92 Å². The molecule has 19 heavy (non-hydrogen) atoms. The highest BCUT2D eigenvalue weighted by molar-refractivity contribution is 9.10. The molecule has 0 atom stereocenters. The van der Waals surface area contributed by atoms with Crippen LogP contribution in [0.5, 0.6) is 0 Å². The van der Waals surface area contributed by atoms with Crippen LogP contribution < -0.4 is 5.32 Å². The molecular formula is C11H11BrN4O2S. The smallest absolute Gasteiger partial charge is 0.311 e. The number of nitrogens with one attached hydrogen (secondary N) is 1. The fraction of sp³-hybridized carbons (Fsp3) is 0.273. The second kappa shape index (κ2) is 5.22. The fourth-order valence-electron chi connectivity index (χ4n) is 1.59. The first-order valence-electron chi connectivity index (χ1n) is 5.38.